The molecule has 2 aromatic carbocycles. The van der Waals surface area contributed by atoms with Crippen LogP contribution in [0.4, 0.5) is 0 Å². The molecule has 31 heavy (non-hydrogen) atoms. The number of benzene rings is 2. The first-order chi connectivity index (χ1) is 15.0. The molecule has 0 spiro atoms. The Morgan fingerprint density at radius 2 is 1.81 bits per heavy atom. The van der Waals surface area contributed by atoms with E-state index in [0.717, 1.165) is 30.8 Å². The van der Waals surface area contributed by atoms with Crippen molar-refractivity contribution < 1.29 is 28.5 Å². The van der Waals surface area contributed by atoms with Crippen LogP contribution in [0.3, 0.4) is 0 Å². The number of methoxy groups -OCH3 is 1. The van der Waals surface area contributed by atoms with Gasteiger partial charge in [-0.25, -0.2) is 4.79 Å². The van der Waals surface area contributed by atoms with Crippen LogP contribution in [0.25, 0.3) is 0 Å². The Morgan fingerprint density at radius 1 is 1.10 bits per heavy atom. The predicted molar refractivity (Wildman–Crippen MR) is 115 cm³/mol. The Hall–Kier alpha value is -3.06. The van der Waals surface area contributed by atoms with E-state index in [2.05, 4.69) is 5.32 Å². The van der Waals surface area contributed by atoms with Crippen molar-refractivity contribution in [3.05, 3.63) is 59.7 Å². The highest BCUT2D eigenvalue weighted by Gasteiger charge is 2.19. The summed E-state index contributed by atoms with van der Waals surface area (Å²) in [6.45, 7) is 3.28. The molecular formula is C24H29NO6. The molecule has 1 saturated heterocycles. The van der Waals surface area contributed by atoms with Gasteiger partial charge in [-0.05, 0) is 68.1 Å². The van der Waals surface area contributed by atoms with Crippen LogP contribution in [0.2, 0.25) is 0 Å². The minimum Gasteiger partial charge on any atom is -0.497 e. The molecule has 0 aromatic heterocycles. The Labute approximate surface area is 182 Å². The van der Waals surface area contributed by atoms with Gasteiger partial charge in [0.2, 0.25) is 0 Å². The Morgan fingerprint density at radius 3 is 2.45 bits per heavy atom. The summed E-state index contributed by atoms with van der Waals surface area (Å²) in [4.78, 5) is 24.5. The number of hydrogen-bond donors (Lipinski definition) is 1. The largest absolute Gasteiger partial charge is 0.497 e. The first kappa shape index (κ1) is 22.6. The van der Waals surface area contributed by atoms with Crippen molar-refractivity contribution >= 4 is 11.9 Å². The molecule has 166 valence electrons. The van der Waals surface area contributed by atoms with Crippen molar-refractivity contribution in [3.63, 3.8) is 0 Å². The predicted octanol–water partition coefficient (Wildman–Crippen LogP) is 3.16. The number of amides is 1. The number of esters is 1. The van der Waals surface area contributed by atoms with Crippen LogP contribution in [0.15, 0.2) is 48.5 Å². The summed E-state index contributed by atoms with van der Waals surface area (Å²) in [5.41, 5.74) is 1.44. The zero-order chi connectivity index (χ0) is 22.1. The molecule has 1 fully saturated rings. The molecule has 2 atom stereocenters. The lowest BCUT2D eigenvalue weighted by atomic mass is 10.1. The van der Waals surface area contributed by atoms with Gasteiger partial charge in [0.1, 0.15) is 18.1 Å². The number of carbonyl (C=O) groups excluding carboxylic acids is 2. The van der Waals surface area contributed by atoms with Crippen molar-refractivity contribution in [2.45, 2.75) is 38.4 Å². The third-order valence-electron chi connectivity index (χ3n) is 5.07. The molecule has 0 radical (unpaired) electrons. The molecule has 0 saturated carbocycles. The Kier molecular flexibility index (Phi) is 8.29. The van der Waals surface area contributed by atoms with Crippen LogP contribution in [-0.2, 0) is 20.7 Å². The van der Waals surface area contributed by atoms with Crippen LogP contribution < -0.4 is 14.8 Å². The number of ether oxygens (including phenoxy) is 4. The molecule has 3 rings (SSSR count). The van der Waals surface area contributed by atoms with Gasteiger partial charge in [-0.2, -0.15) is 0 Å². The summed E-state index contributed by atoms with van der Waals surface area (Å²) in [7, 11) is 1.62. The van der Waals surface area contributed by atoms with Crippen LogP contribution in [-0.4, -0.2) is 51.0 Å². The van der Waals surface area contributed by atoms with E-state index in [-0.39, 0.29) is 12.0 Å². The first-order valence-electron chi connectivity index (χ1n) is 10.5. The van der Waals surface area contributed by atoms with Crippen LogP contribution in [0, 0.1) is 0 Å². The standard InChI is InChI=1S/C24H29NO6/c1-17(23(26)25-14-13-18-5-9-20(28-2)10-6-18)31-24(27)19-7-11-21(12-8-19)30-16-22-4-3-15-29-22/h5-12,17,22H,3-4,13-16H2,1-2H3,(H,25,26)/t17-,22+/m1/s1. The number of hydrogen-bond acceptors (Lipinski definition) is 6. The molecule has 1 aliphatic heterocycles. The van der Waals surface area contributed by atoms with E-state index in [1.165, 1.54) is 0 Å². The molecule has 0 bridgehead atoms. The average Bonchev–Trinajstić information content (AvgIpc) is 3.32. The van der Waals surface area contributed by atoms with Gasteiger partial charge in [0, 0.05) is 13.2 Å². The maximum atomic E-state index is 12.3. The van der Waals surface area contributed by atoms with E-state index in [1.807, 2.05) is 24.3 Å². The summed E-state index contributed by atoms with van der Waals surface area (Å²) < 4.78 is 21.6. The van der Waals surface area contributed by atoms with E-state index in [1.54, 1.807) is 38.3 Å². The van der Waals surface area contributed by atoms with Crippen molar-refractivity contribution in [1.82, 2.24) is 5.32 Å². The fourth-order valence-corrected chi connectivity index (χ4v) is 3.20. The average molecular weight is 427 g/mol. The van der Waals surface area contributed by atoms with Gasteiger partial charge in [-0.1, -0.05) is 12.1 Å². The topological polar surface area (TPSA) is 83.1 Å². The maximum absolute atomic E-state index is 12.3. The smallest absolute Gasteiger partial charge is 0.338 e. The van der Waals surface area contributed by atoms with Crippen molar-refractivity contribution in [2.75, 3.05) is 26.9 Å². The zero-order valence-electron chi connectivity index (χ0n) is 18.0. The molecule has 1 heterocycles. The van der Waals surface area contributed by atoms with Gasteiger partial charge in [-0.15, -0.1) is 0 Å². The monoisotopic (exact) mass is 427 g/mol. The van der Waals surface area contributed by atoms with Gasteiger partial charge >= 0.3 is 5.97 Å². The molecule has 7 heteroatoms. The molecule has 1 amide bonds. The highest BCUT2D eigenvalue weighted by molar-refractivity contribution is 5.92. The van der Waals surface area contributed by atoms with E-state index < -0.39 is 12.1 Å². The lowest BCUT2D eigenvalue weighted by molar-refractivity contribution is -0.129. The molecule has 2 aromatic rings. The van der Waals surface area contributed by atoms with Gasteiger partial charge in [0.15, 0.2) is 6.10 Å². The summed E-state index contributed by atoms with van der Waals surface area (Å²) >= 11 is 0. The van der Waals surface area contributed by atoms with Crippen molar-refractivity contribution in [3.8, 4) is 11.5 Å². The second-order valence-electron chi connectivity index (χ2n) is 7.41. The highest BCUT2D eigenvalue weighted by Crippen LogP contribution is 2.17. The Balaban J connectivity index is 1.39. The quantitative estimate of drug-likeness (QED) is 0.587. The molecule has 1 N–H and O–H groups in total. The van der Waals surface area contributed by atoms with Gasteiger partial charge in [-0.3, -0.25) is 4.79 Å². The molecular weight excluding hydrogens is 398 g/mol. The van der Waals surface area contributed by atoms with Gasteiger partial charge in [0.25, 0.3) is 5.91 Å². The van der Waals surface area contributed by atoms with Crippen molar-refractivity contribution in [2.24, 2.45) is 0 Å². The minimum absolute atomic E-state index is 0.133. The minimum atomic E-state index is -0.890. The van der Waals surface area contributed by atoms with E-state index in [9.17, 15) is 9.59 Å². The summed E-state index contributed by atoms with van der Waals surface area (Å²) in [5, 5.41) is 2.79. The number of rotatable bonds is 10. The summed E-state index contributed by atoms with van der Waals surface area (Å²) in [5.74, 6) is 0.564. The van der Waals surface area contributed by atoms with Gasteiger partial charge in [0.05, 0.1) is 18.8 Å². The summed E-state index contributed by atoms with van der Waals surface area (Å²) in [6.07, 6.45) is 1.98. The fourth-order valence-electron chi connectivity index (χ4n) is 3.20. The summed E-state index contributed by atoms with van der Waals surface area (Å²) in [6, 6.07) is 14.3. The van der Waals surface area contributed by atoms with Crippen LogP contribution >= 0.6 is 0 Å². The van der Waals surface area contributed by atoms with Crippen LogP contribution in [0.1, 0.15) is 35.7 Å². The maximum Gasteiger partial charge on any atom is 0.338 e. The second kappa shape index (κ2) is 11.4. The second-order valence-corrected chi connectivity index (χ2v) is 7.41. The van der Waals surface area contributed by atoms with Crippen LogP contribution in [0.5, 0.6) is 11.5 Å². The normalized spacial score (nSPS) is 16.4. The first-order valence-corrected chi connectivity index (χ1v) is 10.5. The lowest BCUT2D eigenvalue weighted by Crippen LogP contribution is -2.36. The van der Waals surface area contributed by atoms with Crippen molar-refractivity contribution in [1.29, 1.82) is 0 Å². The number of nitrogens with one attached hydrogen (secondary N) is 1. The highest BCUT2D eigenvalue weighted by atomic mass is 16.5. The van der Waals surface area contributed by atoms with E-state index >= 15 is 0 Å². The molecule has 7 nitrogen and oxygen atoms in total. The SMILES string of the molecule is COc1ccc(CCNC(=O)[C@@H](C)OC(=O)c2ccc(OC[C@@H]3CCCO3)cc2)cc1. The molecule has 1 aliphatic rings. The molecule has 0 aliphatic carbocycles. The third kappa shape index (κ3) is 7.00. The fraction of sp³-hybridized carbons (Fsp3) is 0.417. The third-order valence-corrected chi connectivity index (χ3v) is 5.07. The Bertz CT molecular complexity index is 843. The van der Waals surface area contributed by atoms with E-state index in [4.69, 9.17) is 18.9 Å². The zero-order valence-corrected chi connectivity index (χ0v) is 18.0. The lowest BCUT2D eigenvalue weighted by Gasteiger charge is -2.14. The number of carbonyl (C=O) groups is 2. The van der Waals surface area contributed by atoms with E-state index in [0.29, 0.717) is 30.9 Å². The molecule has 0 unspecified atom stereocenters. The van der Waals surface area contributed by atoms with Gasteiger partial charge < -0.3 is 24.3 Å².